The zero-order valence-electron chi connectivity index (χ0n) is 16.7. The van der Waals surface area contributed by atoms with Crippen LogP contribution in [0, 0.1) is 0 Å². The van der Waals surface area contributed by atoms with Crippen molar-refractivity contribution in [2.24, 2.45) is 0 Å². The minimum absolute atomic E-state index is 0.680. The fraction of sp³-hybridized carbons (Fsp3) is 0.478. The molecule has 3 rings (SSSR count). The molecular formula is C23H30O4. The predicted octanol–water partition coefficient (Wildman–Crippen LogP) is 4.09. The van der Waals surface area contributed by atoms with E-state index in [0.717, 1.165) is 54.7 Å². The lowest BCUT2D eigenvalue weighted by atomic mass is 9.75. The van der Waals surface area contributed by atoms with Gasteiger partial charge in [-0.2, -0.15) is 0 Å². The molecule has 0 saturated heterocycles. The largest absolute Gasteiger partial charge is 0.496 e. The van der Waals surface area contributed by atoms with Crippen LogP contribution in [0.3, 0.4) is 0 Å². The molecule has 1 aliphatic carbocycles. The highest BCUT2D eigenvalue weighted by Crippen LogP contribution is 2.43. The highest BCUT2D eigenvalue weighted by Gasteiger charge is 2.45. The summed E-state index contributed by atoms with van der Waals surface area (Å²) in [5, 5.41) is 22.8. The first-order chi connectivity index (χ1) is 12.8. The summed E-state index contributed by atoms with van der Waals surface area (Å²) >= 11 is 0. The Labute approximate surface area is 161 Å². The number of aryl methyl sites for hydroxylation is 2. The summed E-state index contributed by atoms with van der Waals surface area (Å²) in [6, 6.07) is 11.4. The molecule has 2 N–H and O–H groups in total. The van der Waals surface area contributed by atoms with Gasteiger partial charge in [0, 0.05) is 0 Å². The molecule has 4 heteroatoms. The first-order valence-electron chi connectivity index (χ1n) is 9.61. The van der Waals surface area contributed by atoms with Crippen LogP contribution < -0.4 is 9.47 Å². The maximum atomic E-state index is 11.4. The maximum absolute atomic E-state index is 11.4. The Kier molecular flexibility index (Phi) is 5.50. The molecular weight excluding hydrogens is 340 g/mol. The smallest absolute Gasteiger partial charge is 0.122 e. The summed E-state index contributed by atoms with van der Waals surface area (Å²) in [5.74, 6) is 1.65. The third kappa shape index (κ3) is 3.56. The van der Waals surface area contributed by atoms with Crippen LogP contribution in [-0.4, -0.2) is 24.4 Å². The van der Waals surface area contributed by atoms with Crippen LogP contribution in [0.15, 0.2) is 36.4 Å². The van der Waals surface area contributed by atoms with Crippen molar-refractivity contribution in [1.82, 2.24) is 0 Å². The van der Waals surface area contributed by atoms with Gasteiger partial charge in [0.1, 0.15) is 22.7 Å². The van der Waals surface area contributed by atoms with Gasteiger partial charge < -0.3 is 19.7 Å². The van der Waals surface area contributed by atoms with E-state index in [4.69, 9.17) is 9.47 Å². The molecule has 4 nitrogen and oxygen atoms in total. The van der Waals surface area contributed by atoms with Crippen LogP contribution in [0.5, 0.6) is 11.5 Å². The SMILES string of the molecule is COc1ccc2cc1CCCCCc1cc(ccc1OC)C(C)(O)C2(C)O. The van der Waals surface area contributed by atoms with E-state index in [-0.39, 0.29) is 0 Å². The van der Waals surface area contributed by atoms with E-state index in [1.54, 1.807) is 28.1 Å². The van der Waals surface area contributed by atoms with E-state index < -0.39 is 11.2 Å². The monoisotopic (exact) mass is 370 g/mol. The Balaban J connectivity index is 2.15. The van der Waals surface area contributed by atoms with Crippen molar-refractivity contribution in [3.63, 3.8) is 0 Å². The normalized spacial score (nSPS) is 25.7. The van der Waals surface area contributed by atoms with Gasteiger partial charge in [0.25, 0.3) is 0 Å². The Morgan fingerprint density at radius 2 is 1.11 bits per heavy atom. The zero-order chi connectivity index (χ0) is 19.7. The van der Waals surface area contributed by atoms with Gasteiger partial charge in [-0.15, -0.1) is 0 Å². The maximum Gasteiger partial charge on any atom is 0.122 e. The van der Waals surface area contributed by atoms with Gasteiger partial charge in [0.15, 0.2) is 0 Å². The molecule has 2 unspecified atom stereocenters. The topological polar surface area (TPSA) is 58.9 Å². The molecule has 0 amide bonds. The van der Waals surface area contributed by atoms with Crippen molar-refractivity contribution in [2.75, 3.05) is 14.2 Å². The van der Waals surface area contributed by atoms with Crippen molar-refractivity contribution in [3.8, 4) is 11.5 Å². The molecule has 4 bridgehead atoms. The number of fused-ring (bicyclic) bond motifs is 4. The van der Waals surface area contributed by atoms with Crippen molar-refractivity contribution in [1.29, 1.82) is 0 Å². The van der Waals surface area contributed by atoms with Crippen molar-refractivity contribution in [3.05, 3.63) is 58.7 Å². The van der Waals surface area contributed by atoms with Gasteiger partial charge in [0.2, 0.25) is 0 Å². The Hall–Kier alpha value is -2.04. The van der Waals surface area contributed by atoms with E-state index in [9.17, 15) is 10.2 Å². The lowest BCUT2D eigenvalue weighted by Crippen LogP contribution is -2.45. The molecule has 0 aromatic heterocycles. The molecule has 0 radical (unpaired) electrons. The van der Waals surface area contributed by atoms with Crippen molar-refractivity contribution < 1.29 is 19.7 Å². The Morgan fingerprint density at radius 3 is 1.48 bits per heavy atom. The van der Waals surface area contributed by atoms with E-state index in [0.29, 0.717) is 11.1 Å². The molecule has 0 heterocycles. The van der Waals surface area contributed by atoms with Gasteiger partial charge in [0.05, 0.1) is 14.2 Å². The third-order valence-corrected chi connectivity index (χ3v) is 6.03. The van der Waals surface area contributed by atoms with Crippen LogP contribution in [0.1, 0.15) is 55.4 Å². The number of aliphatic hydroxyl groups is 2. The number of hydrogen-bond donors (Lipinski definition) is 2. The minimum Gasteiger partial charge on any atom is -0.496 e. The molecule has 0 aliphatic heterocycles. The number of hydrogen-bond acceptors (Lipinski definition) is 4. The van der Waals surface area contributed by atoms with Crippen molar-refractivity contribution in [2.45, 2.75) is 57.2 Å². The van der Waals surface area contributed by atoms with E-state index in [1.807, 2.05) is 36.4 Å². The van der Waals surface area contributed by atoms with Crippen LogP contribution in [-0.2, 0) is 24.0 Å². The van der Waals surface area contributed by atoms with Crippen LogP contribution in [0.4, 0.5) is 0 Å². The number of methoxy groups -OCH3 is 2. The molecule has 0 spiro atoms. The number of ether oxygens (including phenoxy) is 2. The zero-order valence-corrected chi connectivity index (χ0v) is 16.7. The first-order valence-corrected chi connectivity index (χ1v) is 9.61. The fourth-order valence-corrected chi connectivity index (χ4v) is 3.92. The summed E-state index contributed by atoms with van der Waals surface area (Å²) < 4.78 is 11.0. The van der Waals surface area contributed by atoms with Crippen LogP contribution >= 0.6 is 0 Å². The van der Waals surface area contributed by atoms with Gasteiger partial charge in [-0.3, -0.25) is 0 Å². The Bertz CT molecular complexity index is 741. The molecule has 1 aliphatic rings. The highest BCUT2D eigenvalue weighted by atomic mass is 16.5. The number of rotatable bonds is 2. The second-order valence-corrected chi connectivity index (χ2v) is 7.76. The van der Waals surface area contributed by atoms with Gasteiger partial charge in [-0.05, 0) is 86.1 Å². The van der Waals surface area contributed by atoms with E-state index >= 15 is 0 Å². The molecule has 2 atom stereocenters. The summed E-state index contributed by atoms with van der Waals surface area (Å²) in [6.45, 7) is 3.34. The molecule has 2 aromatic rings. The molecule has 27 heavy (non-hydrogen) atoms. The van der Waals surface area contributed by atoms with Gasteiger partial charge in [-0.25, -0.2) is 0 Å². The Morgan fingerprint density at radius 1 is 0.704 bits per heavy atom. The molecule has 146 valence electrons. The average Bonchev–Trinajstić information content (AvgIpc) is 2.66. The second-order valence-electron chi connectivity index (χ2n) is 7.76. The second kappa shape index (κ2) is 7.53. The third-order valence-electron chi connectivity index (χ3n) is 6.03. The average molecular weight is 370 g/mol. The lowest BCUT2D eigenvalue weighted by molar-refractivity contribution is -0.143. The van der Waals surface area contributed by atoms with Crippen LogP contribution in [0.2, 0.25) is 0 Å². The molecule has 2 aromatic carbocycles. The molecule has 0 fully saturated rings. The highest BCUT2D eigenvalue weighted by molar-refractivity contribution is 5.44. The van der Waals surface area contributed by atoms with E-state index in [1.165, 1.54) is 0 Å². The standard InChI is InChI=1S/C23H30O4/c1-22(24)18-10-12-20(26-3)16(14-18)8-6-5-7-9-17-15-19(23(22,2)25)11-13-21(17)27-4/h10-15,24-25H,5-9H2,1-4H3. The quantitative estimate of drug-likeness (QED) is 0.836. The summed E-state index contributed by atoms with van der Waals surface area (Å²) in [5.41, 5.74) is 0.561. The number of benzene rings is 2. The minimum atomic E-state index is -1.46. The van der Waals surface area contributed by atoms with Gasteiger partial charge >= 0.3 is 0 Å². The predicted molar refractivity (Wildman–Crippen MR) is 106 cm³/mol. The fourth-order valence-electron chi connectivity index (χ4n) is 3.92. The molecule has 0 saturated carbocycles. The lowest BCUT2D eigenvalue weighted by Gasteiger charge is -2.40. The summed E-state index contributed by atoms with van der Waals surface area (Å²) in [6.07, 6.45) is 4.93. The van der Waals surface area contributed by atoms with Gasteiger partial charge in [-0.1, -0.05) is 18.6 Å². The first kappa shape index (κ1) is 19.7. The summed E-state index contributed by atoms with van der Waals surface area (Å²) in [7, 11) is 3.33. The van der Waals surface area contributed by atoms with Crippen LogP contribution in [0.25, 0.3) is 0 Å². The summed E-state index contributed by atoms with van der Waals surface area (Å²) in [4.78, 5) is 0. The van der Waals surface area contributed by atoms with Crippen molar-refractivity contribution >= 4 is 0 Å². The van der Waals surface area contributed by atoms with E-state index in [2.05, 4.69) is 0 Å².